The molecule has 0 spiro atoms. The number of thiophene rings is 1. The molecule has 1 aromatic carbocycles. The number of benzene rings is 1. The third-order valence-corrected chi connectivity index (χ3v) is 5.13. The molecule has 0 bridgehead atoms. The fourth-order valence-electron chi connectivity index (χ4n) is 2.10. The van der Waals surface area contributed by atoms with Crippen molar-refractivity contribution in [2.24, 2.45) is 5.41 Å². The molecule has 1 heterocycles. The highest BCUT2D eigenvalue weighted by molar-refractivity contribution is 7.09. The van der Waals surface area contributed by atoms with E-state index in [2.05, 4.69) is 41.8 Å². The molecule has 0 aliphatic carbocycles. The Morgan fingerprint density at radius 3 is 2.17 bits per heavy atom. The van der Waals surface area contributed by atoms with Crippen molar-refractivity contribution < 1.29 is 0 Å². The van der Waals surface area contributed by atoms with Gasteiger partial charge >= 0.3 is 0 Å². The minimum Gasteiger partial charge on any atom is -0.149 e. The van der Waals surface area contributed by atoms with Gasteiger partial charge < -0.3 is 0 Å². The lowest BCUT2D eigenvalue weighted by atomic mass is 9.81. The number of hydrogen-bond acceptors (Lipinski definition) is 1. The molecule has 0 aliphatic rings. The standard InChI is InChI=1S/C15H16Cl2S/c16-11-15(12-17,10-14-7-4-8-18-14)9-13-5-2-1-3-6-13/h1-8H,9-12H2. The van der Waals surface area contributed by atoms with E-state index in [1.807, 2.05) is 6.07 Å². The first-order valence-electron chi connectivity index (χ1n) is 5.96. The van der Waals surface area contributed by atoms with Crippen LogP contribution < -0.4 is 0 Å². The van der Waals surface area contributed by atoms with E-state index in [4.69, 9.17) is 23.2 Å². The van der Waals surface area contributed by atoms with Gasteiger partial charge in [0.25, 0.3) is 0 Å². The van der Waals surface area contributed by atoms with Gasteiger partial charge in [0.05, 0.1) is 0 Å². The Morgan fingerprint density at radius 1 is 0.889 bits per heavy atom. The highest BCUT2D eigenvalue weighted by Crippen LogP contribution is 2.32. The lowest BCUT2D eigenvalue weighted by molar-refractivity contribution is 0.377. The molecule has 0 fully saturated rings. The van der Waals surface area contributed by atoms with E-state index in [1.165, 1.54) is 10.4 Å². The van der Waals surface area contributed by atoms with Crippen molar-refractivity contribution in [3.8, 4) is 0 Å². The van der Waals surface area contributed by atoms with E-state index in [0.29, 0.717) is 11.8 Å². The van der Waals surface area contributed by atoms with E-state index >= 15 is 0 Å². The molecule has 96 valence electrons. The van der Waals surface area contributed by atoms with Gasteiger partial charge in [-0.25, -0.2) is 0 Å². The Bertz CT molecular complexity index is 447. The SMILES string of the molecule is ClCC(CCl)(Cc1ccccc1)Cc1cccs1. The zero-order chi connectivity index (χ0) is 12.8. The second-order valence-corrected chi connectivity index (χ2v) is 6.25. The maximum atomic E-state index is 6.21. The lowest BCUT2D eigenvalue weighted by Crippen LogP contribution is -2.30. The van der Waals surface area contributed by atoms with Crippen LogP contribution in [0, 0.1) is 5.41 Å². The summed E-state index contributed by atoms with van der Waals surface area (Å²) in [6.07, 6.45) is 1.88. The van der Waals surface area contributed by atoms with E-state index in [0.717, 1.165) is 12.8 Å². The van der Waals surface area contributed by atoms with E-state index < -0.39 is 0 Å². The van der Waals surface area contributed by atoms with Crippen LogP contribution in [0.5, 0.6) is 0 Å². The van der Waals surface area contributed by atoms with Gasteiger partial charge in [0, 0.05) is 22.1 Å². The fraction of sp³-hybridized carbons (Fsp3) is 0.333. The smallest absolute Gasteiger partial charge is 0.0298 e. The Labute approximate surface area is 123 Å². The van der Waals surface area contributed by atoms with Crippen LogP contribution in [-0.2, 0) is 12.8 Å². The second kappa shape index (κ2) is 6.60. The van der Waals surface area contributed by atoms with Crippen LogP contribution in [0.2, 0.25) is 0 Å². The van der Waals surface area contributed by atoms with Crippen molar-refractivity contribution in [1.29, 1.82) is 0 Å². The van der Waals surface area contributed by atoms with Crippen LogP contribution in [0.1, 0.15) is 10.4 Å². The van der Waals surface area contributed by atoms with Gasteiger partial charge in [0.2, 0.25) is 0 Å². The van der Waals surface area contributed by atoms with Gasteiger partial charge in [0.1, 0.15) is 0 Å². The van der Waals surface area contributed by atoms with Crippen LogP contribution >= 0.6 is 34.5 Å². The van der Waals surface area contributed by atoms with Crippen LogP contribution in [0.3, 0.4) is 0 Å². The largest absolute Gasteiger partial charge is 0.149 e. The highest BCUT2D eigenvalue weighted by atomic mass is 35.5. The van der Waals surface area contributed by atoms with E-state index in [9.17, 15) is 0 Å². The van der Waals surface area contributed by atoms with Crippen molar-refractivity contribution in [2.45, 2.75) is 12.8 Å². The summed E-state index contributed by atoms with van der Waals surface area (Å²) >= 11 is 14.2. The second-order valence-electron chi connectivity index (χ2n) is 4.69. The fourth-order valence-corrected chi connectivity index (χ4v) is 3.64. The zero-order valence-electron chi connectivity index (χ0n) is 10.1. The molecule has 0 saturated carbocycles. The third kappa shape index (κ3) is 3.50. The molecule has 2 rings (SSSR count). The van der Waals surface area contributed by atoms with Gasteiger partial charge in [-0.15, -0.1) is 34.5 Å². The maximum Gasteiger partial charge on any atom is 0.0298 e. The quantitative estimate of drug-likeness (QED) is 0.659. The van der Waals surface area contributed by atoms with Gasteiger partial charge in [0.15, 0.2) is 0 Å². The first-order chi connectivity index (χ1) is 8.78. The molecular weight excluding hydrogens is 283 g/mol. The zero-order valence-corrected chi connectivity index (χ0v) is 12.4. The molecule has 3 heteroatoms. The summed E-state index contributed by atoms with van der Waals surface area (Å²) < 4.78 is 0. The van der Waals surface area contributed by atoms with Crippen LogP contribution in [-0.4, -0.2) is 11.8 Å². The summed E-state index contributed by atoms with van der Waals surface area (Å²) in [4.78, 5) is 1.35. The molecule has 2 aromatic rings. The first-order valence-corrected chi connectivity index (χ1v) is 7.91. The van der Waals surface area contributed by atoms with Gasteiger partial charge in [-0.05, 0) is 29.9 Å². The van der Waals surface area contributed by atoms with Gasteiger partial charge in [-0.3, -0.25) is 0 Å². The molecule has 0 atom stereocenters. The van der Waals surface area contributed by atoms with Crippen LogP contribution in [0.25, 0.3) is 0 Å². The topological polar surface area (TPSA) is 0 Å². The first kappa shape index (κ1) is 13.9. The summed E-state index contributed by atoms with van der Waals surface area (Å²) in [5.41, 5.74) is 1.25. The van der Waals surface area contributed by atoms with E-state index in [-0.39, 0.29) is 5.41 Å². The normalized spacial score (nSPS) is 11.7. The number of halogens is 2. The summed E-state index contributed by atoms with van der Waals surface area (Å²) in [6, 6.07) is 14.7. The highest BCUT2D eigenvalue weighted by Gasteiger charge is 2.29. The molecular formula is C15H16Cl2S. The molecule has 1 aromatic heterocycles. The van der Waals surface area contributed by atoms with Crippen LogP contribution in [0.4, 0.5) is 0 Å². The predicted molar refractivity (Wildman–Crippen MR) is 82.0 cm³/mol. The number of alkyl halides is 2. The predicted octanol–water partition coefficient (Wildman–Crippen LogP) is 5.00. The molecule has 0 amide bonds. The van der Waals surface area contributed by atoms with Crippen molar-refractivity contribution in [3.05, 3.63) is 58.3 Å². The van der Waals surface area contributed by atoms with Gasteiger partial charge in [-0.1, -0.05) is 36.4 Å². The minimum atomic E-state index is -0.0463. The average molecular weight is 299 g/mol. The Balaban J connectivity index is 2.16. The maximum absolute atomic E-state index is 6.21. The molecule has 0 N–H and O–H groups in total. The average Bonchev–Trinajstić information content (AvgIpc) is 2.92. The van der Waals surface area contributed by atoms with Crippen molar-refractivity contribution >= 4 is 34.5 Å². The lowest BCUT2D eigenvalue weighted by Gasteiger charge is -2.29. The summed E-state index contributed by atoms with van der Waals surface area (Å²) in [6.45, 7) is 0. The Kier molecular flexibility index (Phi) is 5.11. The molecule has 0 unspecified atom stereocenters. The molecule has 0 radical (unpaired) electrons. The van der Waals surface area contributed by atoms with Crippen molar-refractivity contribution in [2.75, 3.05) is 11.8 Å². The monoisotopic (exact) mass is 298 g/mol. The molecule has 0 aliphatic heterocycles. The van der Waals surface area contributed by atoms with Gasteiger partial charge in [-0.2, -0.15) is 0 Å². The number of hydrogen-bond donors (Lipinski definition) is 0. The Hall–Kier alpha value is -0.500. The minimum absolute atomic E-state index is 0.0463. The van der Waals surface area contributed by atoms with Crippen molar-refractivity contribution in [1.82, 2.24) is 0 Å². The summed E-state index contributed by atoms with van der Waals surface area (Å²) in [5.74, 6) is 1.17. The van der Waals surface area contributed by atoms with E-state index in [1.54, 1.807) is 11.3 Å². The number of rotatable bonds is 6. The molecule has 18 heavy (non-hydrogen) atoms. The van der Waals surface area contributed by atoms with Crippen LogP contribution in [0.15, 0.2) is 47.8 Å². The summed E-state index contributed by atoms with van der Waals surface area (Å²) in [7, 11) is 0. The van der Waals surface area contributed by atoms with Crippen molar-refractivity contribution in [3.63, 3.8) is 0 Å². The molecule has 0 saturated heterocycles. The molecule has 0 nitrogen and oxygen atoms in total. The Morgan fingerprint density at radius 2 is 1.61 bits per heavy atom. The summed E-state index contributed by atoms with van der Waals surface area (Å²) in [5, 5.41) is 2.10. The third-order valence-electron chi connectivity index (χ3n) is 3.12.